The normalized spacial score (nSPS) is 15.4. The van der Waals surface area contributed by atoms with Crippen LogP contribution in [0.5, 0.6) is 5.75 Å². The fraction of sp³-hybridized carbons (Fsp3) is 0.435. The minimum Gasteiger partial charge on any atom is -0.489 e. The molecule has 2 aromatic carbocycles. The van der Waals surface area contributed by atoms with E-state index in [-0.39, 0.29) is 18.0 Å². The molecule has 0 saturated carbocycles. The Morgan fingerprint density at radius 1 is 1.21 bits per heavy atom. The van der Waals surface area contributed by atoms with Gasteiger partial charge < -0.3 is 19.7 Å². The zero-order valence-corrected chi connectivity index (χ0v) is 18.5. The number of morpholine rings is 1. The topological polar surface area (TPSA) is 54.0 Å². The highest BCUT2D eigenvalue weighted by atomic mass is 19.4. The third-order valence-corrected chi connectivity index (χ3v) is 5.51. The lowest BCUT2D eigenvalue weighted by Gasteiger charge is -2.31. The molecule has 1 aliphatic rings. The van der Waals surface area contributed by atoms with E-state index in [1.54, 1.807) is 31.0 Å². The predicted molar refractivity (Wildman–Crippen MR) is 117 cm³/mol. The lowest BCUT2D eigenvalue weighted by Crippen LogP contribution is -2.42. The molecule has 1 heterocycles. The first-order valence-electron chi connectivity index (χ1n) is 10.6. The summed E-state index contributed by atoms with van der Waals surface area (Å²) in [5.74, 6) is -0.828. The van der Waals surface area contributed by atoms with Crippen molar-refractivity contribution in [2.24, 2.45) is 0 Å². The van der Waals surface area contributed by atoms with Crippen molar-refractivity contribution in [3.05, 3.63) is 53.8 Å². The second kappa shape index (κ2) is 10.8. The van der Waals surface area contributed by atoms with Crippen LogP contribution in [-0.4, -0.2) is 63.4 Å². The molecule has 0 bridgehead atoms. The van der Waals surface area contributed by atoms with Crippen molar-refractivity contribution in [1.82, 2.24) is 4.90 Å². The SMILES string of the molecule is C[C@H](C(=O)Nc1cc(C(F)(F)F)ccc1N1CCOCC1)N(C)CCOc1ccccc1F. The Morgan fingerprint density at radius 2 is 1.91 bits per heavy atom. The first-order valence-corrected chi connectivity index (χ1v) is 10.6. The van der Waals surface area contributed by atoms with Crippen LogP contribution >= 0.6 is 0 Å². The largest absolute Gasteiger partial charge is 0.489 e. The van der Waals surface area contributed by atoms with Gasteiger partial charge in [-0.2, -0.15) is 13.2 Å². The van der Waals surface area contributed by atoms with E-state index in [4.69, 9.17) is 9.47 Å². The summed E-state index contributed by atoms with van der Waals surface area (Å²) in [6.07, 6.45) is -4.53. The molecular weight excluding hydrogens is 442 g/mol. The summed E-state index contributed by atoms with van der Waals surface area (Å²) in [5, 5.41) is 2.65. The van der Waals surface area contributed by atoms with Crippen LogP contribution in [0.25, 0.3) is 0 Å². The molecule has 0 aliphatic carbocycles. The number of nitrogens with one attached hydrogen (secondary N) is 1. The fourth-order valence-electron chi connectivity index (χ4n) is 3.38. The molecule has 10 heteroatoms. The summed E-state index contributed by atoms with van der Waals surface area (Å²) in [5.41, 5.74) is -0.230. The van der Waals surface area contributed by atoms with Crippen molar-refractivity contribution >= 4 is 17.3 Å². The number of likely N-dealkylation sites (N-methyl/N-ethyl adjacent to an activating group) is 1. The van der Waals surface area contributed by atoms with Crippen LogP contribution in [-0.2, 0) is 15.7 Å². The Balaban J connectivity index is 1.67. The summed E-state index contributed by atoms with van der Waals surface area (Å²) in [4.78, 5) is 16.4. The number of para-hydroxylation sites is 1. The van der Waals surface area contributed by atoms with E-state index in [1.165, 1.54) is 18.2 Å². The molecule has 180 valence electrons. The van der Waals surface area contributed by atoms with E-state index in [1.807, 2.05) is 4.90 Å². The van der Waals surface area contributed by atoms with Crippen LogP contribution in [0, 0.1) is 5.82 Å². The highest BCUT2D eigenvalue weighted by Crippen LogP contribution is 2.36. The number of carbonyl (C=O) groups is 1. The second-order valence-corrected chi connectivity index (χ2v) is 7.75. The third-order valence-electron chi connectivity index (χ3n) is 5.51. The first-order chi connectivity index (χ1) is 15.7. The Kier molecular flexibility index (Phi) is 8.15. The van der Waals surface area contributed by atoms with Gasteiger partial charge in [-0.05, 0) is 44.3 Å². The van der Waals surface area contributed by atoms with Gasteiger partial charge in [0.15, 0.2) is 11.6 Å². The molecule has 0 unspecified atom stereocenters. The molecule has 1 aliphatic heterocycles. The Labute approximate surface area is 190 Å². The van der Waals surface area contributed by atoms with Crippen molar-refractivity contribution < 1.29 is 31.8 Å². The van der Waals surface area contributed by atoms with Gasteiger partial charge in [0.05, 0.1) is 36.2 Å². The highest BCUT2D eigenvalue weighted by Gasteiger charge is 2.32. The number of amides is 1. The molecule has 1 amide bonds. The van der Waals surface area contributed by atoms with Crippen molar-refractivity contribution in [3.8, 4) is 5.75 Å². The van der Waals surface area contributed by atoms with Gasteiger partial charge in [0.2, 0.25) is 5.91 Å². The molecular formula is C23H27F4N3O3. The van der Waals surface area contributed by atoms with Crippen molar-refractivity contribution in [2.75, 3.05) is 56.7 Å². The fourth-order valence-corrected chi connectivity index (χ4v) is 3.38. The maximum absolute atomic E-state index is 13.7. The molecule has 1 saturated heterocycles. The summed E-state index contributed by atoms with van der Waals surface area (Å²) >= 11 is 0. The van der Waals surface area contributed by atoms with Gasteiger partial charge in [-0.25, -0.2) is 4.39 Å². The number of carbonyl (C=O) groups excluding carboxylic acids is 1. The van der Waals surface area contributed by atoms with E-state index in [2.05, 4.69) is 5.32 Å². The Bertz CT molecular complexity index is 949. The highest BCUT2D eigenvalue weighted by molar-refractivity contribution is 5.97. The molecule has 1 atom stereocenters. The van der Waals surface area contributed by atoms with Gasteiger partial charge >= 0.3 is 6.18 Å². The van der Waals surface area contributed by atoms with Gasteiger partial charge in [0.25, 0.3) is 0 Å². The molecule has 3 rings (SSSR count). The summed E-state index contributed by atoms with van der Waals surface area (Å²) in [6, 6.07) is 8.68. The van der Waals surface area contributed by atoms with Crippen molar-refractivity contribution in [1.29, 1.82) is 0 Å². The van der Waals surface area contributed by atoms with Gasteiger partial charge in [-0.3, -0.25) is 9.69 Å². The maximum atomic E-state index is 13.7. The van der Waals surface area contributed by atoms with Gasteiger partial charge in [0, 0.05) is 19.6 Å². The van der Waals surface area contributed by atoms with Gasteiger partial charge in [0.1, 0.15) is 6.61 Å². The van der Waals surface area contributed by atoms with Crippen LogP contribution in [0.15, 0.2) is 42.5 Å². The smallest absolute Gasteiger partial charge is 0.416 e. The number of alkyl halides is 3. The van der Waals surface area contributed by atoms with Crippen LogP contribution in [0.2, 0.25) is 0 Å². The Hall–Kier alpha value is -2.85. The summed E-state index contributed by atoms with van der Waals surface area (Å²) < 4.78 is 64.2. The zero-order valence-electron chi connectivity index (χ0n) is 18.5. The molecule has 2 aromatic rings. The van der Waals surface area contributed by atoms with E-state index in [0.717, 1.165) is 12.1 Å². The number of hydrogen-bond acceptors (Lipinski definition) is 5. The molecule has 1 fully saturated rings. The first kappa shape index (κ1) is 24.8. The third kappa shape index (κ3) is 6.58. The summed E-state index contributed by atoms with van der Waals surface area (Å²) in [6.45, 7) is 4.01. The number of nitrogens with zero attached hydrogens (tertiary/aromatic N) is 2. The molecule has 0 aromatic heterocycles. The van der Waals surface area contributed by atoms with Gasteiger partial charge in [-0.1, -0.05) is 12.1 Å². The predicted octanol–water partition coefficient (Wildman–Crippen LogP) is 4.02. The van der Waals surface area contributed by atoms with Crippen LogP contribution in [0.3, 0.4) is 0 Å². The number of benzene rings is 2. The molecule has 1 N–H and O–H groups in total. The van der Waals surface area contributed by atoms with Crippen molar-refractivity contribution in [3.63, 3.8) is 0 Å². The number of halogens is 4. The minimum atomic E-state index is -4.53. The van der Waals surface area contributed by atoms with E-state index in [9.17, 15) is 22.4 Å². The van der Waals surface area contributed by atoms with E-state index in [0.29, 0.717) is 38.5 Å². The standard InChI is InChI=1S/C23H27F4N3O3/c1-16(29(2)9-14-33-21-6-4-3-5-18(21)24)22(31)28-19-15-17(23(25,26)27)7-8-20(19)30-10-12-32-13-11-30/h3-8,15-16H,9-14H2,1-2H3,(H,28,31)/t16-/m1/s1. The number of rotatable bonds is 8. The van der Waals surface area contributed by atoms with Crippen LogP contribution in [0.4, 0.5) is 28.9 Å². The minimum absolute atomic E-state index is 0.0968. The molecule has 0 spiro atoms. The quantitative estimate of drug-likeness (QED) is 0.592. The van der Waals surface area contributed by atoms with Crippen LogP contribution in [0.1, 0.15) is 12.5 Å². The number of ether oxygens (including phenoxy) is 2. The number of anilines is 2. The number of hydrogen-bond donors (Lipinski definition) is 1. The van der Waals surface area contributed by atoms with E-state index < -0.39 is 29.5 Å². The maximum Gasteiger partial charge on any atom is 0.416 e. The van der Waals surface area contributed by atoms with Crippen molar-refractivity contribution in [2.45, 2.75) is 19.1 Å². The lowest BCUT2D eigenvalue weighted by molar-refractivity contribution is -0.137. The molecule has 0 radical (unpaired) electrons. The van der Waals surface area contributed by atoms with Crippen LogP contribution < -0.4 is 15.0 Å². The molecule has 6 nitrogen and oxygen atoms in total. The van der Waals surface area contributed by atoms with E-state index >= 15 is 0 Å². The molecule has 33 heavy (non-hydrogen) atoms. The Morgan fingerprint density at radius 3 is 2.58 bits per heavy atom. The summed E-state index contributed by atoms with van der Waals surface area (Å²) in [7, 11) is 1.68. The zero-order chi connectivity index (χ0) is 24.0. The average molecular weight is 469 g/mol. The lowest BCUT2D eigenvalue weighted by atomic mass is 10.1. The second-order valence-electron chi connectivity index (χ2n) is 7.75. The monoisotopic (exact) mass is 469 g/mol. The van der Waals surface area contributed by atoms with Gasteiger partial charge in [-0.15, -0.1) is 0 Å². The average Bonchev–Trinajstić information content (AvgIpc) is 2.79.